The summed E-state index contributed by atoms with van der Waals surface area (Å²) in [6.07, 6.45) is -1.22. The van der Waals surface area contributed by atoms with Gasteiger partial charge < -0.3 is 25.1 Å². The van der Waals surface area contributed by atoms with E-state index in [9.17, 15) is 29.7 Å². The minimum Gasteiger partial charge on any atom is -0.390 e. The molecule has 6 nitrogen and oxygen atoms in total. The van der Waals surface area contributed by atoms with Crippen LogP contribution in [0.5, 0.6) is 0 Å². The summed E-state index contributed by atoms with van der Waals surface area (Å²) in [5.41, 5.74) is 0. The SMILES string of the molecule is O=P(O)(O)C1(C[C@H]2CC[C@@H](O)[C@@H](O)[C@@H]2O)CC1. The van der Waals surface area contributed by atoms with Crippen LogP contribution in [0.1, 0.15) is 32.1 Å². The quantitative estimate of drug-likeness (QED) is 0.443. The maximum atomic E-state index is 11.3. The summed E-state index contributed by atoms with van der Waals surface area (Å²) in [4.78, 5) is 18.5. The number of aliphatic hydroxyl groups excluding tert-OH is 3. The Morgan fingerprint density at radius 1 is 1.06 bits per heavy atom. The van der Waals surface area contributed by atoms with Crippen LogP contribution in [0.3, 0.4) is 0 Å². The highest BCUT2D eigenvalue weighted by Crippen LogP contribution is 2.68. The van der Waals surface area contributed by atoms with E-state index in [0.717, 1.165) is 0 Å². The van der Waals surface area contributed by atoms with Crippen LogP contribution in [-0.2, 0) is 4.57 Å². The zero-order valence-corrected chi connectivity index (χ0v) is 10.3. The summed E-state index contributed by atoms with van der Waals surface area (Å²) in [5.74, 6) is -0.344. The molecule has 0 heterocycles. The fourth-order valence-corrected chi connectivity index (χ4v) is 3.87. The molecule has 0 amide bonds. The van der Waals surface area contributed by atoms with Gasteiger partial charge in [-0.3, -0.25) is 4.57 Å². The van der Waals surface area contributed by atoms with Gasteiger partial charge in [0.15, 0.2) is 0 Å². The molecule has 0 aromatic carbocycles. The molecular formula is C10H19O6P. The molecule has 2 saturated carbocycles. The van der Waals surface area contributed by atoms with Gasteiger partial charge in [-0.05, 0) is 38.0 Å². The lowest BCUT2D eigenvalue weighted by Crippen LogP contribution is -2.47. The summed E-state index contributed by atoms with van der Waals surface area (Å²) in [7, 11) is -4.14. The first-order chi connectivity index (χ1) is 7.77. The van der Waals surface area contributed by atoms with Crippen LogP contribution in [0.4, 0.5) is 0 Å². The molecule has 5 N–H and O–H groups in total. The van der Waals surface area contributed by atoms with Crippen molar-refractivity contribution in [3.8, 4) is 0 Å². The number of rotatable bonds is 3. The second-order valence-electron chi connectivity index (χ2n) is 5.36. The van der Waals surface area contributed by atoms with Crippen LogP contribution in [-0.4, -0.2) is 48.6 Å². The molecule has 0 bridgehead atoms. The first-order valence-electron chi connectivity index (χ1n) is 5.87. The van der Waals surface area contributed by atoms with E-state index in [1.54, 1.807) is 0 Å². The van der Waals surface area contributed by atoms with Crippen LogP contribution >= 0.6 is 7.60 Å². The third-order valence-corrected chi connectivity index (χ3v) is 6.01. The van der Waals surface area contributed by atoms with Crippen LogP contribution < -0.4 is 0 Å². The fraction of sp³-hybridized carbons (Fsp3) is 1.00. The molecule has 0 unspecified atom stereocenters. The Bertz CT molecular complexity index is 336. The predicted octanol–water partition coefficient (Wildman–Crippen LogP) is -0.421. The summed E-state index contributed by atoms with van der Waals surface area (Å²) < 4.78 is 11.3. The summed E-state index contributed by atoms with van der Waals surface area (Å²) in [5, 5.41) is 27.7. The normalized spacial score (nSPS) is 41.2. The average Bonchev–Trinajstić information content (AvgIpc) is 2.99. The predicted molar refractivity (Wildman–Crippen MR) is 59.4 cm³/mol. The second-order valence-corrected chi connectivity index (χ2v) is 7.40. The van der Waals surface area contributed by atoms with Crippen molar-refractivity contribution in [2.45, 2.75) is 55.6 Å². The van der Waals surface area contributed by atoms with Crippen molar-refractivity contribution in [2.24, 2.45) is 5.92 Å². The monoisotopic (exact) mass is 266 g/mol. The lowest BCUT2D eigenvalue weighted by atomic mass is 9.80. The topological polar surface area (TPSA) is 118 Å². The van der Waals surface area contributed by atoms with E-state index >= 15 is 0 Å². The molecule has 4 atom stereocenters. The van der Waals surface area contributed by atoms with Gasteiger partial charge in [-0.2, -0.15) is 0 Å². The minimum absolute atomic E-state index is 0.224. The highest BCUT2D eigenvalue weighted by atomic mass is 31.2. The minimum atomic E-state index is -4.14. The molecule has 0 saturated heterocycles. The van der Waals surface area contributed by atoms with Crippen molar-refractivity contribution in [3.63, 3.8) is 0 Å². The fourth-order valence-electron chi connectivity index (χ4n) is 2.70. The molecule has 0 aromatic rings. The highest BCUT2D eigenvalue weighted by molar-refractivity contribution is 7.54. The van der Waals surface area contributed by atoms with Crippen molar-refractivity contribution >= 4 is 7.60 Å². The maximum Gasteiger partial charge on any atom is 0.331 e. The molecule has 0 aromatic heterocycles. The van der Waals surface area contributed by atoms with Crippen LogP contribution in [0.15, 0.2) is 0 Å². The van der Waals surface area contributed by atoms with E-state index in [2.05, 4.69) is 0 Å². The van der Waals surface area contributed by atoms with Crippen molar-refractivity contribution in [1.82, 2.24) is 0 Å². The first kappa shape index (κ1) is 13.5. The van der Waals surface area contributed by atoms with E-state index in [0.29, 0.717) is 25.7 Å². The maximum absolute atomic E-state index is 11.3. The highest BCUT2D eigenvalue weighted by Gasteiger charge is 2.58. The van der Waals surface area contributed by atoms with Gasteiger partial charge in [0.2, 0.25) is 0 Å². The number of hydrogen-bond acceptors (Lipinski definition) is 4. The van der Waals surface area contributed by atoms with E-state index < -0.39 is 31.1 Å². The Morgan fingerprint density at radius 3 is 2.12 bits per heavy atom. The molecule has 2 fully saturated rings. The van der Waals surface area contributed by atoms with Gasteiger partial charge in [-0.1, -0.05) is 0 Å². The van der Waals surface area contributed by atoms with Gasteiger partial charge in [0.1, 0.15) is 6.10 Å². The Hall–Kier alpha value is 0.0300. The largest absolute Gasteiger partial charge is 0.390 e. The van der Waals surface area contributed by atoms with E-state index in [-0.39, 0.29) is 12.3 Å². The van der Waals surface area contributed by atoms with Gasteiger partial charge in [-0.15, -0.1) is 0 Å². The van der Waals surface area contributed by atoms with E-state index in [1.807, 2.05) is 0 Å². The van der Waals surface area contributed by atoms with Crippen molar-refractivity contribution in [1.29, 1.82) is 0 Å². The molecule has 2 aliphatic carbocycles. The van der Waals surface area contributed by atoms with Crippen molar-refractivity contribution in [2.75, 3.05) is 0 Å². The third-order valence-electron chi connectivity index (χ3n) is 4.15. The molecule has 17 heavy (non-hydrogen) atoms. The average molecular weight is 266 g/mol. The molecule has 7 heteroatoms. The summed E-state index contributed by atoms with van der Waals surface area (Å²) in [6, 6.07) is 0. The standard InChI is InChI=1S/C10H19O6P/c11-7-2-1-6(8(12)9(7)13)5-10(3-4-10)17(14,15)16/h6-9,11-13H,1-5H2,(H2,14,15,16)/t6-,7-,8-,9-/m1/s1. The molecular weight excluding hydrogens is 247 g/mol. The van der Waals surface area contributed by atoms with Crippen LogP contribution in [0.2, 0.25) is 0 Å². The Kier molecular flexibility index (Phi) is 3.40. The van der Waals surface area contributed by atoms with Gasteiger partial charge in [-0.25, -0.2) is 0 Å². The van der Waals surface area contributed by atoms with Crippen LogP contribution in [0.25, 0.3) is 0 Å². The Labute approximate surface area is 99.4 Å². The van der Waals surface area contributed by atoms with Gasteiger partial charge >= 0.3 is 7.60 Å². The zero-order valence-electron chi connectivity index (χ0n) is 9.44. The molecule has 0 spiro atoms. The second kappa shape index (κ2) is 4.30. The van der Waals surface area contributed by atoms with E-state index in [4.69, 9.17) is 0 Å². The molecule has 0 aliphatic heterocycles. The zero-order chi connectivity index (χ0) is 12.8. The van der Waals surface area contributed by atoms with E-state index in [1.165, 1.54) is 0 Å². The molecule has 2 aliphatic rings. The van der Waals surface area contributed by atoms with Gasteiger partial charge in [0, 0.05) is 0 Å². The smallest absolute Gasteiger partial charge is 0.331 e. The Morgan fingerprint density at radius 2 is 1.65 bits per heavy atom. The van der Waals surface area contributed by atoms with Gasteiger partial charge in [0.05, 0.1) is 17.4 Å². The third kappa shape index (κ3) is 2.43. The molecule has 0 radical (unpaired) electrons. The van der Waals surface area contributed by atoms with Crippen molar-refractivity contribution in [3.05, 3.63) is 0 Å². The molecule has 100 valence electrons. The molecule has 2 rings (SSSR count). The summed E-state index contributed by atoms with van der Waals surface area (Å²) >= 11 is 0. The lowest BCUT2D eigenvalue weighted by Gasteiger charge is -2.37. The lowest BCUT2D eigenvalue weighted by molar-refractivity contribution is -0.112. The van der Waals surface area contributed by atoms with Crippen molar-refractivity contribution < 1.29 is 29.7 Å². The van der Waals surface area contributed by atoms with Crippen LogP contribution in [0, 0.1) is 5.92 Å². The number of hydrogen-bond donors (Lipinski definition) is 5. The Balaban J connectivity index is 2.03. The first-order valence-corrected chi connectivity index (χ1v) is 7.48. The number of aliphatic hydroxyl groups is 3. The summed E-state index contributed by atoms with van der Waals surface area (Å²) in [6.45, 7) is 0. The van der Waals surface area contributed by atoms with Gasteiger partial charge in [0.25, 0.3) is 0 Å².